The van der Waals surface area contributed by atoms with Crippen molar-refractivity contribution in [2.24, 2.45) is 5.14 Å². The Bertz CT molecular complexity index is 1170. The molecule has 156 valence electrons. The first kappa shape index (κ1) is 21.2. The van der Waals surface area contributed by atoms with Crippen LogP contribution in [0.1, 0.15) is 22.3 Å². The van der Waals surface area contributed by atoms with Crippen LogP contribution in [0.25, 0.3) is 0 Å². The van der Waals surface area contributed by atoms with Crippen LogP contribution >= 0.6 is 0 Å². The van der Waals surface area contributed by atoms with E-state index in [1.165, 1.54) is 6.07 Å². The van der Waals surface area contributed by atoms with E-state index in [0.29, 0.717) is 29.0 Å². The molecule has 0 atom stereocenters. The molecule has 0 radical (unpaired) electrons. The number of nitrogens with two attached hydrogens (primary N) is 1. The number of amides is 2. The highest BCUT2D eigenvalue weighted by Crippen LogP contribution is 2.20. The molecule has 9 nitrogen and oxygen atoms in total. The Kier molecular flexibility index (Phi) is 6.28. The van der Waals surface area contributed by atoms with Gasteiger partial charge in [0.25, 0.3) is 5.91 Å². The van der Waals surface area contributed by atoms with Crippen LogP contribution in [0.5, 0.6) is 0 Å². The predicted octanol–water partition coefficient (Wildman–Crippen LogP) is 2.12. The molecule has 0 saturated carbocycles. The molecular formula is C20H21N5O4S. The molecule has 3 aromatic rings. The minimum Gasteiger partial charge on any atom is -0.337 e. The summed E-state index contributed by atoms with van der Waals surface area (Å²) in [7, 11) is -3.90. The number of carbonyl (C=O) groups excluding carboxylic acids is 2. The number of imidazole rings is 1. The van der Waals surface area contributed by atoms with Gasteiger partial charge in [0.1, 0.15) is 0 Å². The number of carbonyl (C=O) groups is 2. The number of aryl methyl sites for hydroxylation is 2. The number of aromatic nitrogens is 2. The van der Waals surface area contributed by atoms with Gasteiger partial charge in [-0.15, -0.1) is 0 Å². The Balaban J connectivity index is 1.66. The van der Waals surface area contributed by atoms with E-state index in [0.717, 1.165) is 0 Å². The summed E-state index contributed by atoms with van der Waals surface area (Å²) in [6.45, 7) is 2.11. The summed E-state index contributed by atoms with van der Waals surface area (Å²) in [4.78, 5) is 28.6. The van der Waals surface area contributed by atoms with Gasteiger partial charge in [0.15, 0.2) is 0 Å². The number of nitrogens with one attached hydrogen (secondary N) is 2. The van der Waals surface area contributed by atoms with Crippen LogP contribution in [0.4, 0.5) is 11.4 Å². The zero-order valence-corrected chi connectivity index (χ0v) is 17.0. The van der Waals surface area contributed by atoms with E-state index in [9.17, 15) is 18.0 Å². The predicted molar refractivity (Wildman–Crippen MR) is 112 cm³/mol. The Morgan fingerprint density at radius 3 is 2.57 bits per heavy atom. The molecule has 10 heteroatoms. The summed E-state index contributed by atoms with van der Waals surface area (Å²) in [5.74, 6) is -0.647. The van der Waals surface area contributed by atoms with Crippen molar-refractivity contribution in [2.45, 2.75) is 24.8 Å². The summed E-state index contributed by atoms with van der Waals surface area (Å²) in [6.07, 6.45) is 5.29. The van der Waals surface area contributed by atoms with Crippen molar-refractivity contribution >= 4 is 33.2 Å². The number of nitrogens with zero attached hydrogens (tertiary/aromatic N) is 2. The van der Waals surface area contributed by atoms with Crippen molar-refractivity contribution in [3.63, 3.8) is 0 Å². The molecule has 0 spiro atoms. The van der Waals surface area contributed by atoms with Gasteiger partial charge in [-0.1, -0.05) is 12.1 Å². The van der Waals surface area contributed by atoms with Crippen molar-refractivity contribution in [1.82, 2.24) is 9.55 Å². The highest BCUT2D eigenvalue weighted by molar-refractivity contribution is 7.89. The van der Waals surface area contributed by atoms with E-state index in [1.54, 1.807) is 66.6 Å². The number of sulfonamides is 1. The molecule has 2 amide bonds. The summed E-state index contributed by atoms with van der Waals surface area (Å²) >= 11 is 0. The van der Waals surface area contributed by atoms with Crippen molar-refractivity contribution in [3.8, 4) is 0 Å². The van der Waals surface area contributed by atoms with Crippen LogP contribution in [0.15, 0.2) is 66.1 Å². The molecule has 4 N–H and O–H groups in total. The molecule has 0 aliphatic carbocycles. The number of hydrogen-bond acceptors (Lipinski definition) is 5. The SMILES string of the molecule is Cc1ccc(NC(=O)c2cccc(NC(=O)CCn3ccnc3)c2)cc1S(N)(=O)=O. The molecule has 0 aliphatic rings. The third-order valence-electron chi connectivity index (χ3n) is 4.32. The molecular weight excluding hydrogens is 406 g/mol. The standard InChI is InChI=1S/C20H21N5O4S/c1-14-5-6-17(12-18(14)30(21,28)29)24-20(27)15-3-2-4-16(11-15)23-19(26)7-9-25-10-8-22-13-25/h2-6,8,10-13H,7,9H2,1H3,(H,23,26)(H,24,27)(H2,21,28,29). The minimum atomic E-state index is -3.90. The second kappa shape index (κ2) is 8.89. The fourth-order valence-electron chi connectivity index (χ4n) is 2.80. The van der Waals surface area contributed by atoms with Crippen LogP contribution in [0, 0.1) is 6.92 Å². The van der Waals surface area contributed by atoms with Gasteiger partial charge in [-0.05, 0) is 42.8 Å². The summed E-state index contributed by atoms with van der Waals surface area (Å²) < 4.78 is 25.1. The van der Waals surface area contributed by atoms with Gasteiger partial charge < -0.3 is 15.2 Å². The van der Waals surface area contributed by atoms with Gasteiger partial charge in [-0.2, -0.15) is 0 Å². The molecule has 1 heterocycles. The van der Waals surface area contributed by atoms with E-state index in [4.69, 9.17) is 5.14 Å². The summed E-state index contributed by atoms with van der Waals surface area (Å²) in [5, 5.41) is 10.6. The van der Waals surface area contributed by atoms with Crippen LogP contribution in [0.2, 0.25) is 0 Å². The average molecular weight is 427 g/mol. The molecule has 0 aliphatic heterocycles. The Morgan fingerprint density at radius 1 is 1.10 bits per heavy atom. The van der Waals surface area contributed by atoms with Crippen LogP contribution in [0.3, 0.4) is 0 Å². The van der Waals surface area contributed by atoms with Gasteiger partial charge in [0.05, 0.1) is 11.2 Å². The first-order chi connectivity index (χ1) is 14.2. The summed E-state index contributed by atoms with van der Waals surface area (Å²) in [6, 6.07) is 10.9. The second-order valence-corrected chi connectivity index (χ2v) is 8.19. The van der Waals surface area contributed by atoms with Crippen LogP contribution in [-0.2, 0) is 21.4 Å². The van der Waals surface area contributed by atoms with Gasteiger partial charge in [0, 0.05) is 42.3 Å². The monoisotopic (exact) mass is 427 g/mol. The smallest absolute Gasteiger partial charge is 0.255 e. The first-order valence-electron chi connectivity index (χ1n) is 9.03. The zero-order chi connectivity index (χ0) is 21.7. The number of benzene rings is 2. The maximum absolute atomic E-state index is 12.6. The van der Waals surface area contributed by atoms with Crippen molar-refractivity contribution in [3.05, 3.63) is 72.3 Å². The average Bonchev–Trinajstić information content (AvgIpc) is 3.21. The molecule has 0 unspecified atom stereocenters. The number of primary sulfonamides is 1. The number of rotatable bonds is 7. The number of anilines is 2. The molecule has 30 heavy (non-hydrogen) atoms. The third-order valence-corrected chi connectivity index (χ3v) is 5.37. The third kappa shape index (κ3) is 5.52. The maximum Gasteiger partial charge on any atom is 0.255 e. The lowest BCUT2D eigenvalue weighted by atomic mass is 10.1. The first-order valence-corrected chi connectivity index (χ1v) is 10.6. The Hall–Kier alpha value is -3.50. The lowest BCUT2D eigenvalue weighted by Crippen LogP contribution is -2.17. The van der Waals surface area contributed by atoms with Crippen LogP contribution < -0.4 is 15.8 Å². The van der Waals surface area contributed by atoms with Crippen LogP contribution in [-0.4, -0.2) is 29.8 Å². The molecule has 0 saturated heterocycles. The molecule has 1 aromatic heterocycles. The van der Waals surface area contributed by atoms with Gasteiger partial charge in [-0.25, -0.2) is 18.5 Å². The highest BCUT2D eigenvalue weighted by Gasteiger charge is 2.14. The topological polar surface area (TPSA) is 136 Å². The molecule has 2 aromatic carbocycles. The number of hydrogen-bond donors (Lipinski definition) is 3. The quantitative estimate of drug-likeness (QED) is 0.530. The molecule has 0 bridgehead atoms. The van der Waals surface area contributed by atoms with Crippen molar-refractivity contribution in [2.75, 3.05) is 10.6 Å². The lowest BCUT2D eigenvalue weighted by Gasteiger charge is -2.10. The Labute approximate surface area is 174 Å². The van der Waals surface area contributed by atoms with Gasteiger partial charge in [-0.3, -0.25) is 9.59 Å². The maximum atomic E-state index is 12.6. The fourth-order valence-corrected chi connectivity index (χ4v) is 3.61. The Morgan fingerprint density at radius 2 is 1.87 bits per heavy atom. The highest BCUT2D eigenvalue weighted by atomic mass is 32.2. The van der Waals surface area contributed by atoms with Crippen molar-refractivity contribution < 1.29 is 18.0 Å². The largest absolute Gasteiger partial charge is 0.337 e. The molecule has 0 fully saturated rings. The fraction of sp³-hybridized carbons (Fsp3) is 0.150. The van der Waals surface area contributed by atoms with Crippen molar-refractivity contribution in [1.29, 1.82) is 0 Å². The van der Waals surface area contributed by atoms with E-state index >= 15 is 0 Å². The molecule has 3 rings (SSSR count). The lowest BCUT2D eigenvalue weighted by molar-refractivity contribution is -0.116. The zero-order valence-electron chi connectivity index (χ0n) is 16.2. The van der Waals surface area contributed by atoms with E-state index in [1.807, 2.05) is 0 Å². The van der Waals surface area contributed by atoms with E-state index in [-0.39, 0.29) is 17.2 Å². The van der Waals surface area contributed by atoms with E-state index in [2.05, 4.69) is 15.6 Å². The van der Waals surface area contributed by atoms with E-state index < -0.39 is 15.9 Å². The normalized spacial score (nSPS) is 11.1. The minimum absolute atomic E-state index is 0.0563. The van der Waals surface area contributed by atoms with Gasteiger partial charge in [0.2, 0.25) is 15.9 Å². The van der Waals surface area contributed by atoms with Gasteiger partial charge >= 0.3 is 0 Å². The summed E-state index contributed by atoms with van der Waals surface area (Å²) in [5.41, 5.74) is 1.56. The second-order valence-electron chi connectivity index (χ2n) is 6.66.